The van der Waals surface area contributed by atoms with E-state index in [4.69, 9.17) is 5.11 Å². The Hall–Kier alpha value is -1.83. The van der Waals surface area contributed by atoms with Gasteiger partial charge in [0.15, 0.2) is 11.5 Å². The van der Waals surface area contributed by atoms with Crippen molar-refractivity contribution >= 4 is 21.9 Å². The van der Waals surface area contributed by atoms with Gasteiger partial charge in [0.2, 0.25) is 0 Å². The molecule has 1 N–H and O–H groups in total. The summed E-state index contributed by atoms with van der Waals surface area (Å²) < 4.78 is 27.7. The number of aromatic carboxylic acids is 1. The largest absolute Gasteiger partial charge is 0.476 e. The second kappa shape index (κ2) is 4.45. The fourth-order valence-electron chi connectivity index (χ4n) is 1.48. The molecule has 2 aromatic rings. The van der Waals surface area contributed by atoms with E-state index in [1.165, 1.54) is 6.92 Å². The fourth-order valence-corrected chi connectivity index (χ4v) is 2.05. The van der Waals surface area contributed by atoms with Crippen molar-refractivity contribution in [1.82, 2.24) is 15.0 Å². The van der Waals surface area contributed by atoms with E-state index < -0.39 is 17.6 Å². The van der Waals surface area contributed by atoms with Gasteiger partial charge in [-0.3, -0.25) is 0 Å². The number of hydrogen-bond acceptors (Lipinski definition) is 3. The van der Waals surface area contributed by atoms with Gasteiger partial charge in [-0.25, -0.2) is 18.3 Å². The van der Waals surface area contributed by atoms with E-state index in [1.807, 2.05) is 0 Å². The van der Waals surface area contributed by atoms with Crippen LogP contribution in [-0.2, 0) is 0 Å². The molecule has 0 amide bonds. The molecule has 18 heavy (non-hydrogen) atoms. The van der Waals surface area contributed by atoms with Crippen LogP contribution in [0.1, 0.15) is 16.2 Å². The molecule has 0 saturated heterocycles. The minimum Gasteiger partial charge on any atom is -0.476 e. The molecule has 5 nitrogen and oxygen atoms in total. The number of rotatable bonds is 2. The summed E-state index contributed by atoms with van der Waals surface area (Å²) in [4.78, 5) is 10.8. The Bertz CT molecular complexity index is 619. The molecule has 94 valence electrons. The summed E-state index contributed by atoms with van der Waals surface area (Å²) in [6, 6.07) is 1.74. The Morgan fingerprint density at radius 1 is 1.44 bits per heavy atom. The Morgan fingerprint density at radius 3 is 2.61 bits per heavy atom. The SMILES string of the molecule is Cc1c(C(=O)O)nnn1-c1c(F)cc(F)cc1Br. The molecule has 2 rings (SSSR count). The van der Waals surface area contributed by atoms with E-state index in [9.17, 15) is 13.6 Å². The van der Waals surface area contributed by atoms with Gasteiger partial charge in [-0.15, -0.1) is 5.10 Å². The third kappa shape index (κ3) is 1.99. The van der Waals surface area contributed by atoms with Gasteiger partial charge in [-0.05, 0) is 28.9 Å². The fraction of sp³-hybridized carbons (Fsp3) is 0.100. The van der Waals surface area contributed by atoms with Gasteiger partial charge in [0.05, 0.1) is 5.69 Å². The summed E-state index contributed by atoms with van der Waals surface area (Å²) in [5.74, 6) is -2.89. The first kappa shape index (κ1) is 12.6. The second-order valence-electron chi connectivity index (χ2n) is 3.46. The van der Waals surface area contributed by atoms with E-state index in [0.717, 1.165) is 10.7 Å². The predicted octanol–water partition coefficient (Wildman–Crippen LogP) is 2.31. The monoisotopic (exact) mass is 317 g/mol. The smallest absolute Gasteiger partial charge is 0.358 e. The quantitative estimate of drug-likeness (QED) is 0.923. The van der Waals surface area contributed by atoms with Crippen LogP contribution < -0.4 is 0 Å². The summed E-state index contributed by atoms with van der Waals surface area (Å²) in [5, 5.41) is 15.8. The third-order valence-corrected chi connectivity index (χ3v) is 2.90. The van der Waals surface area contributed by atoms with Crippen molar-refractivity contribution in [2.75, 3.05) is 0 Å². The first-order valence-corrected chi connectivity index (χ1v) is 5.51. The van der Waals surface area contributed by atoms with Gasteiger partial charge in [0.25, 0.3) is 0 Å². The van der Waals surface area contributed by atoms with Crippen LogP contribution in [0.3, 0.4) is 0 Å². The summed E-state index contributed by atoms with van der Waals surface area (Å²) >= 11 is 3.00. The molecule has 0 spiro atoms. The molecule has 0 unspecified atom stereocenters. The van der Waals surface area contributed by atoms with Crippen LogP contribution >= 0.6 is 15.9 Å². The zero-order chi connectivity index (χ0) is 13.4. The highest BCUT2D eigenvalue weighted by Crippen LogP contribution is 2.26. The van der Waals surface area contributed by atoms with Crippen molar-refractivity contribution in [3.63, 3.8) is 0 Å². The highest BCUT2D eigenvalue weighted by atomic mass is 79.9. The third-order valence-electron chi connectivity index (χ3n) is 2.29. The van der Waals surface area contributed by atoms with E-state index in [0.29, 0.717) is 6.07 Å². The maximum Gasteiger partial charge on any atom is 0.358 e. The Balaban J connectivity index is 2.67. The van der Waals surface area contributed by atoms with Gasteiger partial charge in [-0.1, -0.05) is 5.21 Å². The molecule has 0 radical (unpaired) electrons. The van der Waals surface area contributed by atoms with Gasteiger partial charge < -0.3 is 5.11 Å². The van der Waals surface area contributed by atoms with Crippen LogP contribution in [0.5, 0.6) is 0 Å². The molecule has 1 aromatic carbocycles. The lowest BCUT2D eigenvalue weighted by Gasteiger charge is -2.07. The standard InChI is InChI=1S/C10H6BrF2N3O2/c1-4-8(10(17)18)14-15-16(4)9-6(11)2-5(12)3-7(9)13/h2-3H,1H3,(H,17,18). The molecule has 1 aromatic heterocycles. The van der Waals surface area contributed by atoms with E-state index in [-0.39, 0.29) is 21.5 Å². The van der Waals surface area contributed by atoms with Gasteiger partial charge in [-0.2, -0.15) is 0 Å². The summed E-state index contributed by atoms with van der Waals surface area (Å²) in [6.07, 6.45) is 0. The topological polar surface area (TPSA) is 68.0 Å². The maximum absolute atomic E-state index is 13.7. The number of aromatic nitrogens is 3. The number of carbonyl (C=O) groups is 1. The van der Waals surface area contributed by atoms with Gasteiger partial charge in [0, 0.05) is 10.5 Å². The van der Waals surface area contributed by atoms with Crippen LogP contribution in [0.4, 0.5) is 8.78 Å². The zero-order valence-electron chi connectivity index (χ0n) is 8.99. The van der Waals surface area contributed by atoms with Crippen LogP contribution in [-0.4, -0.2) is 26.1 Å². The molecule has 0 bridgehead atoms. The molecule has 8 heteroatoms. The lowest BCUT2D eigenvalue weighted by atomic mass is 10.2. The number of benzene rings is 1. The van der Waals surface area contributed by atoms with Crippen molar-refractivity contribution in [1.29, 1.82) is 0 Å². The number of halogens is 3. The molecule has 0 aliphatic heterocycles. The molecule has 1 heterocycles. The summed E-state index contributed by atoms with van der Waals surface area (Å²) in [7, 11) is 0. The molecule has 0 fully saturated rings. The molecular formula is C10H6BrF2N3O2. The van der Waals surface area contributed by atoms with Crippen molar-refractivity contribution < 1.29 is 18.7 Å². The van der Waals surface area contributed by atoms with Crippen molar-refractivity contribution in [2.45, 2.75) is 6.92 Å². The number of hydrogen-bond donors (Lipinski definition) is 1. The molecule has 0 saturated carbocycles. The van der Waals surface area contributed by atoms with E-state index >= 15 is 0 Å². The van der Waals surface area contributed by atoms with Crippen LogP contribution in [0.25, 0.3) is 5.69 Å². The second-order valence-corrected chi connectivity index (χ2v) is 4.31. The predicted molar refractivity (Wildman–Crippen MR) is 60.7 cm³/mol. The lowest BCUT2D eigenvalue weighted by molar-refractivity contribution is 0.0689. The first-order valence-electron chi connectivity index (χ1n) is 4.72. The van der Waals surface area contributed by atoms with Crippen LogP contribution in [0.2, 0.25) is 0 Å². The van der Waals surface area contributed by atoms with E-state index in [2.05, 4.69) is 26.2 Å². The minimum absolute atomic E-state index is 0.0890. The first-order chi connectivity index (χ1) is 8.41. The van der Waals surface area contributed by atoms with Crippen LogP contribution in [0, 0.1) is 18.6 Å². The molecule has 0 aliphatic rings. The number of carboxylic acid groups (broad SMARTS) is 1. The van der Waals surface area contributed by atoms with Crippen LogP contribution in [0.15, 0.2) is 16.6 Å². The van der Waals surface area contributed by atoms with Gasteiger partial charge in [0.1, 0.15) is 11.5 Å². The molecular weight excluding hydrogens is 312 g/mol. The molecule has 0 atom stereocenters. The van der Waals surface area contributed by atoms with Crippen molar-refractivity contribution in [3.05, 3.63) is 39.6 Å². The van der Waals surface area contributed by atoms with Crippen molar-refractivity contribution in [3.8, 4) is 5.69 Å². The maximum atomic E-state index is 13.7. The zero-order valence-corrected chi connectivity index (χ0v) is 10.6. The Kier molecular flexibility index (Phi) is 3.12. The Labute approximate surface area is 108 Å². The molecule has 0 aliphatic carbocycles. The Morgan fingerprint density at radius 2 is 2.11 bits per heavy atom. The van der Waals surface area contributed by atoms with Gasteiger partial charge >= 0.3 is 5.97 Å². The minimum atomic E-state index is -1.27. The lowest BCUT2D eigenvalue weighted by Crippen LogP contribution is -2.05. The average Bonchev–Trinajstić information content (AvgIpc) is 2.59. The number of carboxylic acids is 1. The summed E-state index contributed by atoms with van der Waals surface area (Å²) in [6.45, 7) is 1.43. The summed E-state index contributed by atoms with van der Waals surface area (Å²) in [5.41, 5.74) is -0.228. The number of nitrogens with zero attached hydrogens (tertiary/aromatic N) is 3. The highest BCUT2D eigenvalue weighted by Gasteiger charge is 2.20. The van der Waals surface area contributed by atoms with Crippen molar-refractivity contribution in [2.24, 2.45) is 0 Å². The van der Waals surface area contributed by atoms with E-state index in [1.54, 1.807) is 0 Å². The normalized spacial score (nSPS) is 10.7. The highest BCUT2D eigenvalue weighted by molar-refractivity contribution is 9.10. The average molecular weight is 318 g/mol.